The van der Waals surface area contributed by atoms with E-state index in [2.05, 4.69) is 15.1 Å². The lowest BCUT2D eigenvalue weighted by atomic mass is 10.2. The van der Waals surface area contributed by atoms with Crippen LogP contribution in [0.15, 0.2) is 0 Å². The number of hydrogen-bond donors (Lipinski definition) is 1. The van der Waals surface area contributed by atoms with Crippen molar-refractivity contribution in [2.45, 2.75) is 157 Å². The van der Waals surface area contributed by atoms with Gasteiger partial charge in [-0.15, -0.1) is 0 Å². The molecule has 0 heterocycles. The molecule has 0 aliphatic rings. The first-order valence-electron chi connectivity index (χ1n) is 24.9. The molecule has 0 fully saturated rings. The first-order valence-corrected chi connectivity index (χ1v) is 24.9. The van der Waals surface area contributed by atoms with E-state index in [1.165, 1.54) is 0 Å². The molecule has 0 rings (SSSR count). The summed E-state index contributed by atoms with van der Waals surface area (Å²) in [6.07, 6.45) is 11.3. The van der Waals surface area contributed by atoms with E-state index in [-0.39, 0.29) is 74.3 Å². The second-order valence-corrected chi connectivity index (χ2v) is 16.6. The molecule has 64 heavy (non-hydrogen) atoms. The van der Waals surface area contributed by atoms with Crippen molar-refractivity contribution in [2.24, 2.45) is 0 Å². The fourth-order valence-electron chi connectivity index (χ4n) is 6.44. The normalized spacial score (nSPS) is 11.4. The SMILES string of the molecule is CCCCOC(=O)CCN(CCNCC[N+](CCC(=O)OCCCC)(CCC(=O)OCCCC)CCN(CCC(=O)OCCCC)CCC(=O)OCCCC)CCC(=O)OCCCC. The fraction of sp³-hybridized carbons (Fsp3) is 0.875. The maximum atomic E-state index is 13.1. The van der Waals surface area contributed by atoms with Gasteiger partial charge in [-0.25, -0.2) is 0 Å². The number of hydrogen-bond acceptors (Lipinski definition) is 15. The Morgan fingerprint density at radius 2 is 0.625 bits per heavy atom. The molecule has 0 amide bonds. The monoisotopic (exact) mass is 916 g/mol. The zero-order valence-corrected chi connectivity index (χ0v) is 41.2. The summed E-state index contributed by atoms with van der Waals surface area (Å²) in [5.74, 6) is -1.72. The summed E-state index contributed by atoms with van der Waals surface area (Å²) in [5.41, 5.74) is 0. The highest BCUT2D eigenvalue weighted by Gasteiger charge is 2.31. The van der Waals surface area contributed by atoms with E-state index in [9.17, 15) is 28.8 Å². The molecule has 0 aliphatic heterocycles. The third-order valence-electron chi connectivity index (χ3n) is 10.9. The maximum absolute atomic E-state index is 13.1. The van der Waals surface area contributed by atoms with Crippen LogP contribution in [0.5, 0.6) is 0 Å². The predicted molar refractivity (Wildman–Crippen MR) is 248 cm³/mol. The fourth-order valence-corrected chi connectivity index (χ4v) is 6.44. The van der Waals surface area contributed by atoms with E-state index in [0.29, 0.717) is 123 Å². The maximum Gasteiger partial charge on any atom is 0.311 e. The van der Waals surface area contributed by atoms with Gasteiger partial charge in [0.15, 0.2) is 0 Å². The summed E-state index contributed by atoms with van der Waals surface area (Å²) in [6, 6.07) is 0. The summed E-state index contributed by atoms with van der Waals surface area (Å²) in [5, 5.41) is 3.55. The Hall–Kier alpha value is -3.34. The number of carbonyl (C=O) groups is 6. The van der Waals surface area contributed by atoms with Crippen molar-refractivity contribution in [2.75, 3.05) is 118 Å². The van der Waals surface area contributed by atoms with Gasteiger partial charge in [0, 0.05) is 52.4 Å². The molecule has 0 bridgehead atoms. The summed E-state index contributed by atoms with van der Waals surface area (Å²) in [7, 11) is 0. The van der Waals surface area contributed by atoms with Crippen molar-refractivity contribution >= 4 is 35.8 Å². The van der Waals surface area contributed by atoms with E-state index in [0.717, 1.165) is 77.0 Å². The van der Waals surface area contributed by atoms with Crippen molar-refractivity contribution in [3.8, 4) is 0 Å². The molecular formula is C48H91N4O12+. The summed E-state index contributed by atoms with van der Waals surface area (Å²) in [4.78, 5) is 80.7. The van der Waals surface area contributed by atoms with E-state index in [1.807, 2.05) is 41.5 Å². The third-order valence-corrected chi connectivity index (χ3v) is 10.9. The minimum absolute atomic E-state index is 0.151. The van der Waals surface area contributed by atoms with Crippen LogP contribution in [-0.4, -0.2) is 168 Å². The van der Waals surface area contributed by atoms with Crippen molar-refractivity contribution in [1.82, 2.24) is 15.1 Å². The molecule has 0 spiro atoms. The van der Waals surface area contributed by atoms with Crippen LogP contribution in [0.2, 0.25) is 0 Å². The van der Waals surface area contributed by atoms with Gasteiger partial charge in [0.2, 0.25) is 0 Å². The topological polar surface area (TPSA) is 176 Å². The summed E-state index contributed by atoms with van der Waals surface area (Å²) in [6.45, 7) is 20.1. The predicted octanol–water partition coefficient (Wildman–Crippen LogP) is 6.40. The van der Waals surface area contributed by atoms with Gasteiger partial charge in [0.05, 0.1) is 104 Å². The third kappa shape index (κ3) is 35.9. The molecule has 1 N–H and O–H groups in total. The van der Waals surface area contributed by atoms with E-state index in [1.54, 1.807) is 0 Å². The highest BCUT2D eigenvalue weighted by atomic mass is 16.5. The van der Waals surface area contributed by atoms with Crippen LogP contribution >= 0.6 is 0 Å². The van der Waals surface area contributed by atoms with Gasteiger partial charge in [-0.3, -0.25) is 33.7 Å². The van der Waals surface area contributed by atoms with Gasteiger partial charge in [-0.2, -0.15) is 0 Å². The van der Waals surface area contributed by atoms with Gasteiger partial charge in [-0.1, -0.05) is 80.1 Å². The van der Waals surface area contributed by atoms with Crippen molar-refractivity contribution in [3.63, 3.8) is 0 Å². The van der Waals surface area contributed by atoms with Crippen LogP contribution in [-0.2, 0) is 57.2 Å². The van der Waals surface area contributed by atoms with E-state index < -0.39 is 0 Å². The zero-order chi connectivity index (χ0) is 47.5. The van der Waals surface area contributed by atoms with Gasteiger partial charge < -0.3 is 43.1 Å². The van der Waals surface area contributed by atoms with Crippen molar-refractivity contribution in [3.05, 3.63) is 0 Å². The molecule has 0 unspecified atom stereocenters. The number of esters is 6. The standard InChI is InChI=1S/C48H91N4O12/c1-7-13-37-59-43(53)19-27-50(28-20-44(54)60-38-14-8-2)31-25-49-26-35-52(33-23-47(57)63-41-17-11-5,34-24-48(58)64-42-18-12-6)36-32-51(29-21-45(55)61-39-15-9-3)30-22-46(56)62-40-16-10-4/h49H,7-42H2,1-6H3/q+1. The number of unbranched alkanes of at least 4 members (excludes halogenated alkanes) is 6. The number of nitrogens with zero attached hydrogens (tertiary/aromatic N) is 3. The first kappa shape index (κ1) is 60.7. The second kappa shape index (κ2) is 42.3. The van der Waals surface area contributed by atoms with Gasteiger partial charge >= 0.3 is 35.8 Å². The van der Waals surface area contributed by atoms with Crippen molar-refractivity contribution in [1.29, 1.82) is 0 Å². The summed E-state index contributed by atoms with van der Waals surface area (Å²) >= 11 is 0. The summed E-state index contributed by atoms with van der Waals surface area (Å²) < 4.78 is 33.2. The van der Waals surface area contributed by atoms with Crippen LogP contribution in [0.1, 0.15) is 157 Å². The van der Waals surface area contributed by atoms with Gasteiger partial charge in [0.25, 0.3) is 0 Å². The lowest BCUT2D eigenvalue weighted by molar-refractivity contribution is -0.925. The minimum Gasteiger partial charge on any atom is -0.466 e. The quantitative estimate of drug-likeness (QED) is 0.0307. The van der Waals surface area contributed by atoms with Gasteiger partial charge in [0.1, 0.15) is 0 Å². The Kier molecular flexibility index (Phi) is 40.1. The Bertz CT molecular complexity index is 1150. The lowest BCUT2D eigenvalue weighted by Crippen LogP contribution is -2.57. The number of nitrogens with one attached hydrogen (secondary N) is 1. The molecule has 0 atom stereocenters. The molecule has 0 saturated carbocycles. The Morgan fingerprint density at radius 3 is 0.922 bits per heavy atom. The minimum atomic E-state index is -0.298. The second-order valence-electron chi connectivity index (χ2n) is 16.6. The van der Waals surface area contributed by atoms with E-state index in [4.69, 9.17) is 28.4 Å². The van der Waals surface area contributed by atoms with E-state index >= 15 is 0 Å². The Balaban J connectivity index is 6.30. The molecular weight excluding hydrogens is 825 g/mol. The smallest absolute Gasteiger partial charge is 0.311 e. The lowest BCUT2D eigenvalue weighted by Gasteiger charge is -2.40. The first-order chi connectivity index (χ1) is 31.0. The largest absolute Gasteiger partial charge is 0.466 e. The molecule has 16 heteroatoms. The molecule has 0 aliphatic carbocycles. The van der Waals surface area contributed by atoms with Crippen LogP contribution in [0, 0.1) is 0 Å². The number of quaternary nitrogens is 1. The number of ether oxygens (including phenoxy) is 6. The average molecular weight is 916 g/mol. The van der Waals surface area contributed by atoms with Crippen LogP contribution < -0.4 is 5.32 Å². The molecule has 0 aromatic rings. The van der Waals surface area contributed by atoms with Crippen LogP contribution in [0.25, 0.3) is 0 Å². The molecule has 0 aromatic heterocycles. The highest BCUT2D eigenvalue weighted by Crippen LogP contribution is 2.14. The average Bonchev–Trinajstić information content (AvgIpc) is 3.28. The highest BCUT2D eigenvalue weighted by molar-refractivity contribution is 5.71. The van der Waals surface area contributed by atoms with Crippen LogP contribution in [0.4, 0.5) is 0 Å². The zero-order valence-electron chi connectivity index (χ0n) is 41.2. The van der Waals surface area contributed by atoms with Gasteiger partial charge in [-0.05, 0) is 38.5 Å². The Morgan fingerprint density at radius 1 is 0.344 bits per heavy atom. The van der Waals surface area contributed by atoms with Crippen molar-refractivity contribution < 1.29 is 61.7 Å². The number of rotatable bonds is 45. The number of carbonyl (C=O) groups excluding carboxylic acids is 6. The molecule has 0 radical (unpaired) electrons. The molecule has 0 saturated heterocycles. The Labute approximate surface area is 387 Å². The van der Waals surface area contributed by atoms with Crippen LogP contribution in [0.3, 0.4) is 0 Å². The molecule has 0 aromatic carbocycles. The molecule has 16 nitrogen and oxygen atoms in total. The molecule has 374 valence electrons.